The maximum absolute atomic E-state index is 11.3. The second-order valence-corrected chi connectivity index (χ2v) is 3.45. The van der Waals surface area contributed by atoms with E-state index >= 15 is 0 Å². The van der Waals surface area contributed by atoms with Gasteiger partial charge in [-0.15, -0.1) is 0 Å². The number of para-hydroxylation sites is 1. The Labute approximate surface area is 96.1 Å². The third kappa shape index (κ3) is 2.42. The molecule has 0 amide bonds. The third-order valence-corrected chi connectivity index (χ3v) is 2.35. The van der Waals surface area contributed by atoms with Gasteiger partial charge in [-0.3, -0.25) is 4.79 Å². The first-order valence-electron chi connectivity index (χ1n) is 5.22. The molecule has 16 heavy (non-hydrogen) atoms. The highest BCUT2D eigenvalue weighted by molar-refractivity contribution is 6.20. The van der Waals surface area contributed by atoms with Gasteiger partial charge >= 0.3 is 0 Å². The van der Waals surface area contributed by atoms with Gasteiger partial charge in [0.05, 0.1) is 12.8 Å². The first kappa shape index (κ1) is 12.3. The lowest BCUT2D eigenvalue weighted by Gasteiger charge is -2.15. The number of carbonyl (C=O) groups excluding carboxylic acids is 1. The number of Topliss-reactive ketones (excluding diaryl/α,β-unsaturated/α-hetero) is 1. The summed E-state index contributed by atoms with van der Waals surface area (Å²) < 4.78 is 5.25. The van der Waals surface area contributed by atoms with E-state index in [2.05, 4.69) is 11.9 Å². The van der Waals surface area contributed by atoms with Crippen molar-refractivity contribution >= 4 is 17.0 Å². The van der Waals surface area contributed by atoms with Gasteiger partial charge in [0.25, 0.3) is 0 Å². The fourth-order valence-corrected chi connectivity index (χ4v) is 1.50. The average Bonchev–Trinajstić information content (AvgIpc) is 2.28. The van der Waals surface area contributed by atoms with Crippen molar-refractivity contribution in [3.63, 3.8) is 0 Å². The summed E-state index contributed by atoms with van der Waals surface area (Å²) in [5.41, 5.74) is 2.12. The summed E-state index contributed by atoms with van der Waals surface area (Å²) in [6, 6.07) is 5.57. The quantitative estimate of drug-likeness (QED) is 0.774. The minimum atomic E-state index is -0.0348. The minimum Gasteiger partial charge on any atom is -0.495 e. The van der Waals surface area contributed by atoms with E-state index in [1.54, 1.807) is 7.11 Å². The SMILES string of the molecule is C=C(C(C)=O)c1cccc(OC)c1NCC. The van der Waals surface area contributed by atoms with E-state index in [1.807, 2.05) is 25.1 Å². The van der Waals surface area contributed by atoms with E-state index in [4.69, 9.17) is 4.74 Å². The molecule has 0 aliphatic rings. The van der Waals surface area contributed by atoms with E-state index in [-0.39, 0.29) is 5.78 Å². The fourth-order valence-electron chi connectivity index (χ4n) is 1.50. The summed E-state index contributed by atoms with van der Waals surface area (Å²) in [4.78, 5) is 11.3. The molecule has 3 nitrogen and oxygen atoms in total. The molecule has 0 aromatic heterocycles. The number of ether oxygens (including phenoxy) is 1. The van der Waals surface area contributed by atoms with Crippen LogP contribution in [0.5, 0.6) is 5.75 Å². The number of ketones is 1. The van der Waals surface area contributed by atoms with E-state index < -0.39 is 0 Å². The maximum atomic E-state index is 11.3. The highest BCUT2D eigenvalue weighted by Gasteiger charge is 2.13. The molecule has 1 aromatic carbocycles. The maximum Gasteiger partial charge on any atom is 0.159 e. The molecule has 0 unspecified atom stereocenters. The molecule has 0 heterocycles. The largest absolute Gasteiger partial charge is 0.495 e. The number of hydrogen-bond donors (Lipinski definition) is 1. The van der Waals surface area contributed by atoms with Crippen LogP contribution in [0.3, 0.4) is 0 Å². The zero-order valence-electron chi connectivity index (χ0n) is 9.96. The Balaban J connectivity index is 3.26. The molecule has 0 bridgehead atoms. The van der Waals surface area contributed by atoms with Gasteiger partial charge in [-0.2, -0.15) is 0 Å². The van der Waals surface area contributed by atoms with E-state index in [1.165, 1.54) is 6.92 Å². The van der Waals surface area contributed by atoms with Crippen molar-refractivity contribution in [3.8, 4) is 5.75 Å². The van der Waals surface area contributed by atoms with Crippen LogP contribution in [-0.2, 0) is 4.79 Å². The van der Waals surface area contributed by atoms with E-state index in [9.17, 15) is 4.79 Å². The lowest BCUT2D eigenvalue weighted by atomic mass is 10.0. The van der Waals surface area contributed by atoms with Crippen molar-refractivity contribution in [1.82, 2.24) is 0 Å². The van der Waals surface area contributed by atoms with Crippen LogP contribution in [0.15, 0.2) is 24.8 Å². The van der Waals surface area contributed by atoms with Gasteiger partial charge < -0.3 is 10.1 Å². The van der Waals surface area contributed by atoms with Crippen LogP contribution in [0.1, 0.15) is 19.4 Å². The molecule has 1 aromatic rings. The molecule has 0 aliphatic carbocycles. The molecule has 0 atom stereocenters. The van der Waals surface area contributed by atoms with Gasteiger partial charge in [0.1, 0.15) is 5.75 Å². The molecule has 0 saturated carbocycles. The minimum absolute atomic E-state index is 0.0348. The predicted molar refractivity (Wildman–Crippen MR) is 66.9 cm³/mol. The Kier molecular flexibility index (Phi) is 4.11. The van der Waals surface area contributed by atoms with Crippen LogP contribution in [0.2, 0.25) is 0 Å². The molecule has 0 radical (unpaired) electrons. The zero-order valence-corrected chi connectivity index (χ0v) is 9.96. The molecular weight excluding hydrogens is 202 g/mol. The van der Waals surface area contributed by atoms with Gasteiger partial charge in [-0.05, 0) is 19.9 Å². The smallest absolute Gasteiger partial charge is 0.159 e. The third-order valence-electron chi connectivity index (χ3n) is 2.35. The standard InChI is InChI=1S/C13H17NO2/c1-5-14-13-11(9(2)10(3)15)7-6-8-12(13)16-4/h6-8,14H,2,5H2,1,3-4H3. The number of allylic oxidation sites excluding steroid dienone is 1. The highest BCUT2D eigenvalue weighted by atomic mass is 16.5. The Morgan fingerprint density at radius 2 is 2.19 bits per heavy atom. The summed E-state index contributed by atoms with van der Waals surface area (Å²) in [7, 11) is 1.61. The predicted octanol–water partition coefficient (Wildman–Crippen LogP) is 2.73. The van der Waals surface area contributed by atoms with Crippen LogP contribution in [0, 0.1) is 0 Å². The lowest BCUT2D eigenvalue weighted by molar-refractivity contribution is -0.111. The summed E-state index contributed by atoms with van der Waals surface area (Å²) in [5, 5.41) is 3.19. The second-order valence-electron chi connectivity index (χ2n) is 3.45. The van der Waals surface area contributed by atoms with Crippen molar-refractivity contribution in [3.05, 3.63) is 30.3 Å². The van der Waals surface area contributed by atoms with Gasteiger partial charge in [0.2, 0.25) is 0 Å². The number of methoxy groups -OCH3 is 1. The Bertz CT molecular complexity index is 410. The van der Waals surface area contributed by atoms with Crippen LogP contribution in [0.4, 0.5) is 5.69 Å². The van der Waals surface area contributed by atoms with Crippen molar-refractivity contribution in [2.24, 2.45) is 0 Å². The molecule has 3 heteroatoms. The molecule has 0 saturated heterocycles. The van der Waals surface area contributed by atoms with E-state index in [0.29, 0.717) is 5.57 Å². The number of nitrogens with one attached hydrogen (secondary N) is 1. The highest BCUT2D eigenvalue weighted by Crippen LogP contribution is 2.32. The summed E-state index contributed by atoms with van der Waals surface area (Å²) in [6.45, 7) is 8.06. The number of rotatable bonds is 5. The van der Waals surface area contributed by atoms with Crippen molar-refractivity contribution in [2.75, 3.05) is 19.0 Å². The van der Waals surface area contributed by atoms with Crippen molar-refractivity contribution in [2.45, 2.75) is 13.8 Å². The van der Waals surface area contributed by atoms with Crippen LogP contribution < -0.4 is 10.1 Å². The Morgan fingerprint density at radius 3 is 2.69 bits per heavy atom. The summed E-state index contributed by atoms with van der Waals surface area (Å²) in [6.07, 6.45) is 0. The summed E-state index contributed by atoms with van der Waals surface area (Å²) >= 11 is 0. The van der Waals surface area contributed by atoms with Gasteiger partial charge in [-0.1, -0.05) is 18.7 Å². The molecule has 0 spiro atoms. The number of anilines is 1. The second kappa shape index (κ2) is 5.35. The molecule has 0 fully saturated rings. The molecule has 1 rings (SSSR count). The number of carbonyl (C=O) groups is 1. The van der Waals surface area contributed by atoms with Crippen LogP contribution >= 0.6 is 0 Å². The number of hydrogen-bond acceptors (Lipinski definition) is 3. The first-order chi connectivity index (χ1) is 7.61. The summed E-state index contributed by atoms with van der Waals surface area (Å²) in [5.74, 6) is 0.689. The average molecular weight is 219 g/mol. The molecular formula is C13H17NO2. The van der Waals surface area contributed by atoms with Gasteiger partial charge in [0.15, 0.2) is 5.78 Å². The topological polar surface area (TPSA) is 38.3 Å². The Hall–Kier alpha value is -1.77. The Morgan fingerprint density at radius 1 is 1.50 bits per heavy atom. The molecule has 0 aliphatic heterocycles. The molecule has 1 N–H and O–H groups in total. The monoisotopic (exact) mass is 219 g/mol. The van der Waals surface area contributed by atoms with Crippen LogP contribution in [0.25, 0.3) is 5.57 Å². The molecule has 86 valence electrons. The van der Waals surface area contributed by atoms with Crippen molar-refractivity contribution in [1.29, 1.82) is 0 Å². The van der Waals surface area contributed by atoms with Crippen LogP contribution in [-0.4, -0.2) is 19.4 Å². The lowest BCUT2D eigenvalue weighted by Crippen LogP contribution is -2.05. The zero-order chi connectivity index (χ0) is 12.1. The fraction of sp³-hybridized carbons (Fsp3) is 0.308. The van der Waals surface area contributed by atoms with Gasteiger partial charge in [-0.25, -0.2) is 0 Å². The van der Waals surface area contributed by atoms with Crippen molar-refractivity contribution < 1.29 is 9.53 Å². The van der Waals surface area contributed by atoms with E-state index in [0.717, 1.165) is 23.5 Å². The van der Waals surface area contributed by atoms with Gasteiger partial charge in [0, 0.05) is 17.7 Å². The number of benzene rings is 1. The first-order valence-corrected chi connectivity index (χ1v) is 5.22. The normalized spacial score (nSPS) is 9.69.